The van der Waals surface area contributed by atoms with Crippen molar-refractivity contribution in [3.8, 4) is 0 Å². The Balaban J connectivity index is 2.08. The standard InChI is InChI=1S/C23H37N3O6S/c1-16(2)13-19(25-22(29)32-23(3,4)5)21(28)24-18-11-12-33(30,31)26(15-20(18)27)14-17-9-7-6-8-10-17/h6-10,16,18-20,27H,11-15H2,1-5H3,(H,24,28)(H,25,29)/t18-,19-,20?/m0/s1. The average molecular weight is 484 g/mol. The van der Waals surface area contributed by atoms with Crippen molar-refractivity contribution >= 4 is 22.0 Å². The zero-order chi connectivity index (χ0) is 24.8. The summed E-state index contributed by atoms with van der Waals surface area (Å²) in [5, 5.41) is 16.1. The van der Waals surface area contributed by atoms with Gasteiger partial charge in [-0.15, -0.1) is 0 Å². The molecule has 1 aliphatic rings. The largest absolute Gasteiger partial charge is 0.444 e. The van der Waals surface area contributed by atoms with Crippen molar-refractivity contribution in [2.45, 2.75) is 77.8 Å². The quantitative estimate of drug-likeness (QED) is 0.545. The lowest BCUT2D eigenvalue weighted by Crippen LogP contribution is -2.54. The van der Waals surface area contributed by atoms with E-state index in [1.807, 2.05) is 44.2 Å². The lowest BCUT2D eigenvalue weighted by molar-refractivity contribution is -0.125. The molecule has 0 radical (unpaired) electrons. The summed E-state index contributed by atoms with van der Waals surface area (Å²) in [6.07, 6.45) is -1.36. The zero-order valence-corrected chi connectivity index (χ0v) is 20.9. The summed E-state index contributed by atoms with van der Waals surface area (Å²) in [5.74, 6) is -0.570. The number of hydrogen-bond donors (Lipinski definition) is 3. The summed E-state index contributed by atoms with van der Waals surface area (Å²) in [4.78, 5) is 25.2. The van der Waals surface area contributed by atoms with E-state index in [-0.39, 0.29) is 31.2 Å². The van der Waals surface area contributed by atoms with Gasteiger partial charge in [-0.1, -0.05) is 44.2 Å². The van der Waals surface area contributed by atoms with Crippen molar-refractivity contribution < 1.29 is 27.9 Å². The average Bonchev–Trinajstić information content (AvgIpc) is 2.78. The number of aliphatic hydroxyl groups is 1. The van der Waals surface area contributed by atoms with E-state index in [0.29, 0.717) is 6.42 Å². The molecule has 0 spiro atoms. The molecule has 3 N–H and O–H groups in total. The molecule has 3 atom stereocenters. The van der Waals surface area contributed by atoms with E-state index >= 15 is 0 Å². The van der Waals surface area contributed by atoms with Crippen molar-refractivity contribution in [1.29, 1.82) is 0 Å². The fourth-order valence-electron chi connectivity index (χ4n) is 3.60. The first kappa shape index (κ1) is 27.1. The third-order valence-electron chi connectivity index (χ3n) is 5.18. The number of alkyl carbamates (subject to hydrolysis) is 1. The second-order valence-electron chi connectivity index (χ2n) is 9.89. The Morgan fingerprint density at radius 2 is 1.85 bits per heavy atom. The van der Waals surface area contributed by atoms with Crippen LogP contribution in [0.15, 0.2) is 30.3 Å². The molecule has 1 fully saturated rings. The first-order valence-corrected chi connectivity index (χ1v) is 12.9. The Morgan fingerprint density at radius 1 is 1.21 bits per heavy atom. The first-order valence-electron chi connectivity index (χ1n) is 11.3. The number of nitrogens with zero attached hydrogens (tertiary/aromatic N) is 1. The van der Waals surface area contributed by atoms with E-state index in [4.69, 9.17) is 4.74 Å². The van der Waals surface area contributed by atoms with E-state index in [2.05, 4.69) is 10.6 Å². The van der Waals surface area contributed by atoms with Crippen LogP contribution < -0.4 is 10.6 Å². The number of carbonyl (C=O) groups is 2. The van der Waals surface area contributed by atoms with Crippen molar-refractivity contribution in [1.82, 2.24) is 14.9 Å². The highest BCUT2D eigenvalue weighted by atomic mass is 32.2. The lowest BCUT2D eigenvalue weighted by atomic mass is 10.0. The number of hydrogen-bond acceptors (Lipinski definition) is 6. The molecule has 1 aromatic rings. The van der Waals surface area contributed by atoms with Gasteiger partial charge in [-0.05, 0) is 45.1 Å². The van der Waals surface area contributed by atoms with Crippen LogP contribution in [0.5, 0.6) is 0 Å². The number of ether oxygens (including phenoxy) is 1. The molecule has 1 aromatic carbocycles. The number of rotatable bonds is 7. The molecule has 1 saturated heterocycles. The van der Waals surface area contributed by atoms with E-state index in [1.54, 1.807) is 20.8 Å². The highest BCUT2D eigenvalue weighted by Gasteiger charge is 2.36. The molecule has 0 bridgehead atoms. The van der Waals surface area contributed by atoms with Gasteiger partial charge in [0.15, 0.2) is 0 Å². The van der Waals surface area contributed by atoms with Crippen molar-refractivity contribution in [3.63, 3.8) is 0 Å². The van der Waals surface area contributed by atoms with Gasteiger partial charge in [0.1, 0.15) is 11.6 Å². The van der Waals surface area contributed by atoms with Crippen LogP contribution in [0, 0.1) is 5.92 Å². The number of carbonyl (C=O) groups excluding carboxylic acids is 2. The van der Waals surface area contributed by atoms with E-state index in [9.17, 15) is 23.1 Å². The summed E-state index contributed by atoms with van der Waals surface area (Å²) in [5.41, 5.74) is 0.103. The highest BCUT2D eigenvalue weighted by molar-refractivity contribution is 7.89. The van der Waals surface area contributed by atoms with Crippen LogP contribution in [-0.2, 0) is 26.1 Å². The SMILES string of the molecule is CC(C)C[C@H](NC(=O)OC(C)(C)C)C(=O)N[C@H]1CCS(=O)(=O)N(Cc2ccccc2)CC1O. The van der Waals surface area contributed by atoms with Crippen molar-refractivity contribution in [2.24, 2.45) is 5.92 Å². The van der Waals surface area contributed by atoms with Gasteiger partial charge < -0.3 is 20.5 Å². The van der Waals surface area contributed by atoms with Gasteiger partial charge in [0.25, 0.3) is 0 Å². The molecular formula is C23H37N3O6S. The molecule has 1 heterocycles. The smallest absolute Gasteiger partial charge is 0.408 e. The number of nitrogens with one attached hydrogen (secondary N) is 2. The number of sulfonamides is 1. The topological polar surface area (TPSA) is 125 Å². The fourth-order valence-corrected chi connectivity index (χ4v) is 5.14. The maximum atomic E-state index is 13.0. The van der Waals surface area contributed by atoms with Crippen LogP contribution in [-0.4, -0.2) is 65.9 Å². The molecule has 2 amide bonds. The lowest BCUT2D eigenvalue weighted by Gasteiger charge is -2.28. The Bertz CT molecular complexity index is 899. The van der Waals surface area contributed by atoms with Gasteiger partial charge in [-0.2, -0.15) is 4.31 Å². The predicted octanol–water partition coefficient (Wildman–Crippen LogP) is 2.01. The first-order chi connectivity index (χ1) is 15.3. The molecular weight excluding hydrogens is 446 g/mol. The van der Waals surface area contributed by atoms with Crippen LogP contribution in [0.1, 0.15) is 53.0 Å². The molecule has 1 aliphatic heterocycles. The second kappa shape index (κ2) is 11.3. The minimum absolute atomic E-state index is 0.0708. The normalized spacial score (nSPS) is 22.3. The molecule has 186 valence electrons. The third kappa shape index (κ3) is 8.94. The second-order valence-corrected chi connectivity index (χ2v) is 12.0. The van der Waals surface area contributed by atoms with Crippen LogP contribution in [0.3, 0.4) is 0 Å². The third-order valence-corrected chi connectivity index (χ3v) is 7.00. The fraction of sp³-hybridized carbons (Fsp3) is 0.652. The predicted molar refractivity (Wildman–Crippen MR) is 126 cm³/mol. The molecule has 2 rings (SSSR count). The van der Waals surface area contributed by atoms with Gasteiger partial charge in [0.05, 0.1) is 17.9 Å². The summed E-state index contributed by atoms with van der Waals surface area (Å²) in [7, 11) is -3.61. The van der Waals surface area contributed by atoms with Gasteiger partial charge in [-0.25, -0.2) is 13.2 Å². The molecule has 0 saturated carbocycles. The van der Waals surface area contributed by atoms with Gasteiger partial charge in [0.2, 0.25) is 15.9 Å². The molecule has 0 aliphatic carbocycles. The number of aliphatic hydroxyl groups excluding tert-OH is 1. The van der Waals surface area contributed by atoms with Crippen molar-refractivity contribution in [2.75, 3.05) is 12.3 Å². The minimum atomic E-state index is -3.61. The van der Waals surface area contributed by atoms with Gasteiger partial charge >= 0.3 is 6.09 Å². The number of β-amino-alcohol motifs (C(OH)–C–C–N with tert-alkyl or cyclic N) is 1. The Morgan fingerprint density at radius 3 is 2.42 bits per heavy atom. The molecule has 10 heteroatoms. The Kier molecular flexibility index (Phi) is 9.28. The number of benzene rings is 1. The van der Waals surface area contributed by atoms with Crippen molar-refractivity contribution in [3.05, 3.63) is 35.9 Å². The zero-order valence-electron chi connectivity index (χ0n) is 20.1. The Hall–Kier alpha value is -2.17. The minimum Gasteiger partial charge on any atom is -0.444 e. The summed E-state index contributed by atoms with van der Waals surface area (Å²) < 4.78 is 32.1. The van der Waals surface area contributed by atoms with E-state index in [0.717, 1.165) is 5.56 Å². The summed E-state index contributed by atoms with van der Waals surface area (Å²) >= 11 is 0. The van der Waals surface area contributed by atoms with Crippen LogP contribution in [0.25, 0.3) is 0 Å². The van der Waals surface area contributed by atoms with E-state index in [1.165, 1.54) is 4.31 Å². The van der Waals surface area contributed by atoms with E-state index < -0.39 is 45.8 Å². The monoisotopic (exact) mass is 483 g/mol. The maximum absolute atomic E-state index is 13.0. The molecule has 33 heavy (non-hydrogen) atoms. The molecule has 1 unspecified atom stereocenters. The van der Waals surface area contributed by atoms with Gasteiger partial charge in [-0.3, -0.25) is 4.79 Å². The van der Waals surface area contributed by atoms with Crippen LogP contribution in [0.2, 0.25) is 0 Å². The van der Waals surface area contributed by atoms with Crippen LogP contribution in [0.4, 0.5) is 4.79 Å². The molecule has 9 nitrogen and oxygen atoms in total. The maximum Gasteiger partial charge on any atom is 0.408 e. The van der Waals surface area contributed by atoms with Gasteiger partial charge in [0, 0.05) is 13.1 Å². The Labute approximate surface area is 196 Å². The highest BCUT2D eigenvalue weighted by Crippen LogP contribution is 2.19. The summed E-state index contributed by atoms with van der Waals surface area (Å²) in [6, 6.07) is 7.52. The summed E-state index contributed by atoms with van der Waals surface area (Å²) in [6.45, 7) is 9.06. The number of amides is 2. The molecule has 0 aromatic heterocycles. The van der Waals surface area contributed by atoms with Crippen LogP contribution >= 0.6 is 0 Å².